The van der Waals surface area contributed by atoms with Crippen molar-refractivity contribution in [2.45, 2.75) is 24.9 Å². The maximum Gasteiger partial charge on any atom is 0.225 e. The van der Waals surface area contributed by atoms with E-state index in [4.69, 9.17) is 33.0 Å². The van der Waals surface area contributed by atoms with Crippen molar-refractivity contribution in [3.8, 4) is 0 Å². The number of imidazole rings is 1. The Morgan fingerprint density at radius 3 is 2.89 bits per heavy atom. The first kappa shape index (κ1) is 13.0. The van der Waals surface area contributed by atoms with Gasteiger partial charge in [-0.15, -0.1) is 0 Å². The van der Waals surface area contributed by atoms with E-state index in [0.717, 1.165) is 0 Å². The number of aromatic nitrogens is 4. The minimum Gasteiger partial charge on any atom is -0.394 e. The summed E-state index contributed by atoms with van der Waals surface area (Å²) in [5.41, 5.74) is 0.845. The second-order valence-corrected chi connectivity index (χ2v) is 4.92. The number of fused-ring (bicyclic) bond motifs is 1. The first-order chi connectivity index (χ1) is 9.10. The number of hydrogen-bond acceptors (Lipinski definition) is 6. The van der Waals surface area contributed by atoms with E-state index in [1.807, 2.05) is 0 Å². The molecule has 7 nitrogen and oxygen atoms in total. The van der Waals surface area contributed by atoms with Crippen LogP contribution in [-0.4, -0.2) is 48.5 Å². The molecule has 3 heterocycles. The Kier molecular flexibility index (Phi) is 3.32. The molecule has 19 heavy (non-hydrogen) atoms. The molecule has 0 spiro atoms. The van der Waals surface area contributed by atoms with Gasteiger partial charge in [-0.05, 0) is 11.6 Å². The van der Waals surface area contributed by atoms with Gasteiger partial charge in [0.25, 0.3) is 0 Å². The summed E-state index contributed by atoms with van der Waals surface area (Å²) in [7, 11) is 0. The van der Waals surface area contributed by atoms with Crippen LogP contribution in [0.1, 0.15) is 12.6 Å². The van der Waals surface area contributed by atoms with Crippen molar-refractivity contribution >= 4 is 34.4 Å². The molecule has 0 aromatic carbocycles. The second-order valence-electron chi connectivity index (χ2n) is 4.22. The summed E-state index contributed by atoms with van der Waals surface area (Å²) in [6.07, 6.45) is 0.00360. The number of ether oxygens (including phenoxy) is 1. The van der Waals surface area contributed by atoms with Crippen molar-refractivity contribution in [1.82, 2.24) is 19.5 Å². The van der Waals surface area contributed by atoms with Gasteiger partial charge in [0.05, 0.1) is 19.0 Å². The highest BCUT2D eigenvalue weighted by Gasteiger charge is 2.35. The SMILES string of the molecule is OCC1OC(n2cnc3c(Cl)nc(Cl)nc32)CC1O. The molecule has 0 saturated carbocycles. The fourth-order valence-corrected chi connectivity index (χ4v) is 2.54. The molecule has 2 aromatic heterocycles. The van der Waals surface area contributed by atoms with Gasteiger partial charge >= 0.3 is 0 Å². The lowest BCUT2D eigenvalue weighted by Crippen LogP contribution is -2.24. The highest BCUT2D eigenvalue weighted by atomic mass is 35.5. The van der Waals surface area contributed by atoms with Crippen LogP contribution >= 0.6 is 23.2 Å². The first-order valence-electron chi connectivity index (χ1n) is 5.60. The molecule has 0 bridgehead atoms. The molecule has 0 aliphatic carbocycles. The number of halogens is 2. The minimum absolute atomic E-state index is 0.0107. The zero-order valence-electron chi connectivity index (χ0n) is 9.57. The van der Waals surface area contributed by atoms with Crippen LogP contribution in [0, 0.1) is 0 Å². The van der Waals surface area contributed by atoms with Gasteiger partial charge < -0.3 is 14.9 Å². The lowest BCUT2D eigenvalue weighted by atomic mass is 10.2. The van der Waals surface area contributed by atoms with Crippen molar-refractivity contribution in [3.63, 3.8) is 0 Å². The van der Waals surface area contributed by atoms with E-state index in [0.29, 0.717) is 17.6 Å². The van der Waals surface area contributed by atoms with Crippen molar-refractivity contribution in [1.29, 1.82) is 0 Å². The Morgan fingerprint density at radius 1 is 1.42 bits per heavy atom. The van der Waals surface area contributed by atoms with E-state index in [2.05, 4.69) is 15.0 Å². The molecule has 1 aliphatic heterocycles. The molecule has 2 N–H and O–H groups in total. The van der Waals surface area contributed by atoms with Crippen LogP contribution in [0.2, 0.25) is 10.4 Å². The maximum atomic E-state index is 9.74. The topological polar surface area (TPSA) is 93.3 Å². The van der Waals surface area contributed by atoms with Gasteiger partial charge in [-0.3, -0.25) is 4.57 Å². The van der Waals surface area contributed by atoms with E-state index in [9.17, 15) is 5.11 Å². The van der Waals surface area contributed by atoms with Crippen LogP contribution in [0.3, 0.4) is 0 Å². The summed E-state index contributed by atoms with van der Waals surface area (Å²) in [5.74, 6) is 0. The third-order valence-electron chi connectivity index (χ3n) is 3.05. The highest BCUT2D eigenvalue weighted by molar-refractivity contribution is 6.35. The quantitative estimate of drug-likeness (QED) is 0.629. The predicted molar refractivity (Wildman–Crippen MR) is 67.0 cm³/mol. The van der Waals surface area contributed by atoms with E-state index in [1.165, 1.54) is 6.33 Å². The van der Waals surface area contributed by atoms with Crippen LogP contribution in [0.5, 0.6) is 0 Å². The summed E-state index contributed by atoms with van der Waals surface area (Å²) in [5, 5.41) is 19.0. The van der Waals surface area contributed by atoms with Gasteiger partial charge in [-0.1, -0.05) is 11.6 Å². The van der Waals surface area contributed by atoms with Crippen molar-refractivity contribution < 1.29 is 14.9 Å². The van der Waals surface area contributed by atoms with Gasteiger partial charge in [0.15, 0.2) is 10.8 Å². The van der Waals surface area contributed by atoms with Gasteiger partial charge in [0.1, 0.15) is 17.8 Å². The number of nitrogens with zero attached hydrogens (tertiary/aromatic N) is 4. The van der Waals surface area contributed by atoms with Gasteiger partial charge in [-0.25, -0.2) is 9.97 Å². The molecule has 1 saturated heterocycles. The molecule has 1 aliphatic rings. The summed E-state index contributed by atoms with van der Waals surface area (Å²) in [4.78, 5) is 12.0. The normalized spacial score (nSPS) is 27.3. The van der Waals surface area contributed by atoms with E-state index >= 15 is 0 Å². The van der Waals surface area contributed by atoms with Crippen LogP contribution in [0.25, 0.3) is 11.2 Å². The molecule has 0 amide bonds. The molecule has 0 radical (unpaired) electrons. The molecular formula is C10H10Cl2N4O3. The number of aliphatic hydroxyl groups excluding tert-OH is 2. The molecule has 102 valence electrons. The lowest BCUT2D eigenvalue weighted by Gasteiger charge is -2.13. The largest absolute Gasteiger partial charge is 0.394 e. The van der Waals surface area contributed by atoms with Crippen LogP contribution in [-0.2, 0) is 4.74 Å². The van der Waals surface area contributed by atoms with Crippen LogP contribution in [0.15, 0.2) is 6.33 Å². The van der Waals surface area contributed by atoms with E-state index in [-0.39, 0.29) is 17.0 Å². The number of rotatable bonds is 2. The number of aliphatic hydroxyl groups is 2. The average molecular weight is 305 g/mol. The monoisotopic (exact) mass is 304 g/mol. The van der Waals surface area contributed by atoms with Gasteiger partial charge in [-0.2, -0.15) is 4.98 Å². The molecule has 9 heteroatoms. The molecule has 1 fully saturated rings. The smallest absolute Gasteiger partial charge is 0.225 e. The highest BCUT2D eigenvalue weighted by Crippen LogP contribution is 2.31. The Balaban J connectivity index is 2.02. The van der Waals surface area contributed by atoms with Gasteiger partial charge in [0, 0.05) is 6.42 Å². The zero-order chi connectivity index (χ0) is 13.6. The first-order valence-corrected chi connectivity index (χ1v) is 6.35. The number of hydrogen-bond donors (Lipinski definition) is 2. The summed E-state index contributed by atoms with van der Waals surface area (Å²) in [6, 6.07) is 0. The summed E-state index contributed by atoms with van der Waals surface area (Å²) in [6.45, 7) is -0.249. The molecule has 3 unspecified atom stereocenters. The third kappa shape index (κ3) is 2.17. The molecular weight excluding hydrogens is 295 g/mol. The fourth-order valence-electron chi connectivity index (χ4n) is 2.12. The van der Waals surface area contributed by atoms with E-state index in [1.54, 1.807) is 4.57 Å². The Hall–Kier alpha value is -0.990. The fraction of sp³-hybridized carbons (Fsp3) is 0.500. The molecule has 3 rings (SSSR count). The van der Waals surface area contributed by atoms with Crippen molar-refractivity contribution in [2.24, 2.45) is 0 Å². The van der Waals surface area contributed by atoms with Crippen LogP contribution < -0.4 is 0 Å². The Labute approximate surface area is 117 Å². The van der Waals surface area contributed by atoms with Gasteiger partial charge in [0.2, 0.25) is 5.28 Å². The third-order valence-corrected chi connectivity index (χ3v) is 3.48. The minimum atomic E-state index is -0.736. The zero-order valence-corrected chi connectivity index (χ0v) is 11.1. The molecule has 2 aromatic rings. The Morgan fingerprint density at radius 2 is 2.21 bits per heavy atom. The summed E-state index contributed by atoms with van der Waals surface area (Å²) >= 11 is 11.7. The van der Waals surface area contributed by atoms with E-state index < -0.39 is 18.4 Å². The Bertz CT molecular complexity index is 620. The van der Waals surface area contributed by atoms with Crippen molar-refractivity contribution in [2.75, 3.05) is 6.61 Å². The molecule has 3 atom stereocenters. The van der Waals surface area contributed by atoms with Crippen LogP contribution in [0.4, 0.5) is 0 Å². The standard InChI is InChI=1S/C10H10Cl2N4O3/c11-8-7-9(15-10(12)14-8)16(3-13-7)6-1-4(18)5(2-17)19-6/h3-6,17-18H,1-2H2. The van der Waals surface area contributed by atoms with Crippen molar-refractivity contribution in [3.05, 3.63) is 16.8 Å². The maximum absolute atomic E-state index is 9.74. The average Bonchev–Trinajstić information content (AvgIpc) is 2.92. The predicted octanol–water partition coefficient (Wildman–Crippen LogP) is 0.774. The lowest BCUT2D eigenvalue weighted by molar-refractivity contribution is -0.0432. The summed E-state index contributed by atoms with van der Waals surface area (Å²) < 4.78 is 7.15. The second kappa shape index (κ2) is 4.84.